The second-order valence-electron chi connectivity index (χ2n) is 6.37. The Kier molecular flexibility index (Phi) is 6.95. The number of nitrogens with zero attached hydrogens (tertiary/aromatic N) is 4. The number of rotatable bonds is 8. The Morgan fingerprint density at radius 3 is 2.34 bits per heavy atom. The van der Waals surface area contributed by atoms with Crippen LogP contribution in [0.5, 0.6) is 6.01 Å². The largest absolute Gasteiger partial charge is 0.454 e. The molecule has 2 aromatic heterocycles. The normalized spacial score (nSPS) is 11.8. The molecule has 0 unspecified atom stereocenters. The highest BCUT2D eigenvalue weighted by molar-refractivity contribution is 5.55. The van der Waals surface area contributed by atoms with Gasteiger partial charge in [0.15, 0.2) is 6.61 Å². The lowest BCUT2D eigenvalue weighted by atomic mass is 10.2. The SMILES string of the molecule is FC(F)(F)COc1nc(NCCc2ccccn2)nc(Nc2cccc(C(F)(F)F)c2)n1. The molecule has 0 aliphatic carbocycles. The molecule has 0 spiro atoms. The van der Waals surface area contributed by atoms with Crippen molar-refractivity contribution in [3.63, 3.8) is 0 Å². The summed E-state index contributed by atoms with van der Waals surface area (Å²) >= 11 is 0. The van der Waals surface area contributed by atoms with Crippen molar-refractivity contribution in [1.82, 2.24) is 19.9 Å². The van der Waals surface area contributed by atoms with Gasteiger partial charge in [0.05, 0.1) is 5.56 Å². The minimum absolute atomic E-state index is 0.0211. The average molecular weight is 458 g/mol. The smallest absolute Gasteiger partial charge is 0.422 e. The molecule has 0 aliphatic heterocycles. The third-order valence-electron chi connectivity index (χ3n) is 3.82. The van der Waals surface area contributed by atoms with Gasteiger partial charge in [-0.2, -0.15) is 41.3 Å². The predicted octanol–water partition coefficient (Wildman–Crippen LogP) is 4.62. The van der Waals surface area contributed by atoms with E-state index in [4.69, 9.17) is 0 Å². The Morgan fingerprint density at radius 2 is 1.66 bits per heavy atom. The molecule has 0 saturated heterocycles. The van der Waals surface area contributed by atoms with Crippen LogP contribution in [0.3, 0.4) is 0 Å². The van der Waals surface area contributed by atoms with E-state index in [1.165, 1.54) is 12.1 Å². The van der Waals surface area contributed by atoms with Gasteiger partial charge in [0.2, 0.25) is 11.9 Å². The number of benzene rings is 1. The molecular weight excluding hydrogens is 442 g/mol. The van der Waals surface area contributed by atoms with Gasteiger partial charge in [0.1, 0.15) is 0 Å². The van der Waals surface area contributed by atoms with Gasteiger partial charge in [0.25, 0.3) is 0 Å². The molecule has 0 fully saturated rings. The van der Waals surface area contributed by atoms with E-state index >= 15 is 0 Å². The molecule has 32 heavy (non-hydrogen) atoms. The van der Waals surface area contributed by atoms with Gasteiger partial charge in [-0.3, -0.25) is 4.98 Å². The maximum atomic E-state index is 12.9. The quantitative estimate of drug-likeness (QED) is 0.477. The minimum Gasteiger partial charge on any atom is -0.454 e. The van der Waals surface area contributed by atoms with E-state index in [0.29, 0.717) is 6.42 Å². The number of hydrogen-bond acceptors (Lipinski definition) is 7. The molecule has 2 N–H and O–H groups in total. The fraction of sp³-hybridized carbons (Fsp3) is 0.263. The van der Waals surface area contributed by atoms with E-state index in [9.17, 15) is 26.3 Å². The van der Waals surface area contributed by atoms with Gasteiger partial charge < -0.3 is 15.4 Å². The monoisotopic (exact) mass is 458 g/mol. The summed E-state index contributed by atoms with van der Waals surface area (Å²) in [5, 5.41) is 5.34. The maximum absolute atomic E-state index is 12.9. The fourth-order valence-corrected chi connectivity index (χ4v) is 2.45. The molecule has 0 aliphatic rings. The summed E-state index contributed by atoms with van der Waals surface area (Å²) in [6, 6.07) is 8.86. The summed E-state index contributed by atoms with van der Waals surface area (Å²) in [5.74, 6) is -0.417. The first kappa shape index (κ1) is 23.0. The van der Waals surface area contributed by atoms with Crippen LogP contribution in [0.4, 0.5) is 43.9 Å². The third kappa shape index (κ3) is 7.25. The van der Waals surface area contributed by atoms with Crippen LogP contribution >= 0.6 is 0 Å². The Morgan fingerprint density at radius 1 is 0.875 bits per heavy atom. The van der Waals surface area contributed by atoms with Crippen LogP contribution in [0.25, 0.3) is 0 Å². The van der Waals surface area contributed by atoms with E-state index in [1.54, 1.807) is 24.4 Å². The minimum atomic E-state index is -4.63. The van der Waals surface area contributed by atoms with Crippen molar-refractivity contribution in [3.05, 3.63) is 59.9 Å². The summed E-state index contributed by atoms with van der Waals surface area (Å²) in [7, 11) is 0. The van der Waals surface area contributed by atoms with Crippen LogP contribution in [0.2, 0.25) is 0 Å². The van der Waals surface area contributed by atoms with Gasteiger partial charge in [-0.1, -0.05) is 12.1 Å². The van der Waals surface area contributed by atoms with Crippen molar-refractivity contribution < 1.29 is 31.1 Å². The first-order valence-electron chi connectivity index (χ1n) is 9.12. The second kappa shape index (κ2) is 9.66. The van der Waals surface area contributed by atoms with Gasteiger partial charge in [0, 0.05) is 30.5 Å². The molecule has 0 amide bonds. The summed E-state index contributed by atoms with van der Waals surface area (Å²) in [5.41, 5.74) is -0.184. The number of hydrogen-bond donors (Lipinski definition) is 2. The zero-order valence-electron chi connectivity index (χ0n) is 16.2. The molecule has 0 saturated carbocycles. The first-order valence-corrected chi connectivity index (χ1v) is 9.12. The van der Waals surface area contributed by atoms with Gasteiger partial charge >= 0.3 is 18.4 Å². The number of ether oxygens (including phenoxy) is 1. The summed E-state index contributed by atoms with van der Waals surface area (Å²) in [6.07, 6.45) is -7.14. The molecule has 3 rings (SSSR count). The van der Waals surface area contributed by atoms with Crippen molar-refractivity contribution >= 4 is 17.6 Å². The highest BCUT2D eigenvalue weighted by atomic mass is 19.4. The number of pyridine rings is 1. The van der Waals surface area contributed by atoms with Crippen LogP contribution < -0.4 is 15.4 Å². The molecule has 3 aromatic rings. The summed E-state index contributed by atoms with van der Waals surface area (Å²) in [4.78, 5) is 15.6. The van der Waals surface area contributed by atoms with Crippen molar-refractivity contribution in [1.29, 1.82) is 0 Å². The molecule has 0 radical (unpaired) electrons. The Hall–Kier alpha value is -3.64. The van der Waals surface area contributed by atoms with Crippen molar-refractivity contribution in [3.8, 4) is 6.01 Å². The van der Waals surface area contributed by atoms with Gasteiger partial charge in [-0.15, -0.1) is 0 Å². The topological polar surface area (TPSA) is 84.8 Å². The van der Waals surface area contributed by atoms with E-state index in [2.05, 4.69) is 35.3 Å². The third-order valence-corrected chi connectivity index (χ3v) is 3.82. The highest BCUT2D eigenvalue weighted by Gasteiger charge is 2.31. The van der Waals surface area contributed by atoms with Crippen LogP contribution in [-0.4, -0.2) is 39.3 Å². The summed E-state index contributed by atoms with van der Waals surface area (Å²) in [6.45, 7) is -1.36. The zero-order valence-corrected chi connectivity index (χ0v) is 16.2. The Bertz CT molecular complexity index is 1030. The molecule has 0 bridgehead atoms. The van der Waals surface area contributed by atoms with E-state index < -0.39 is 30.5 Å². The average Bonchev–Trinajstić information content (AvgIpc) is 2.72. The number of alkyl halides is 6. The lowest BCUT2D eigenvalue weighted by Crippen LogP contribution is -2.21. The standard InChI is InChI=1S/C19H16F6N6O/c20-18(21,22)11-32-17-30-15(27-9-7-13-5-1-2-8-26-13)29-16(31-17)28-14-6-3-4-12(10-14)19(23,24)25/h1-6,8,10H,7,9,11H2,(H2,27,28,29,30,31). The van der Waals surface area contributed by atoms with Crippen molar-refractivity contribution in [2.45, 2.75) is 18.8 Å². The van der Waals surface area contributed by atoms with Gasteiger partial charge in [-0.25, -0.2) is 0 Å². The molecule has 170 valence electrons. The lowest BCUT2D eigenvalue weighted by molar-refractivity contribution is -0.154. The summed E-state index contributed by atoms with van der Waals surface area (Å²) < 4.78 is 80.8. The maximum Gasteiger partial charge on any atom is 0.422 e. The Labute approximate surface area is 177 Å². The second-order valence-corrected chi connectivity index (χ2v) is 6.37. The molecule has 13 heteroatoms. The number of halogens is 6. The molecule has 0 atom stereocenters. The molecule has 2 heterocycles. The van der Waals surface area contributed by atoms with Crippen molar-refractivity contribution in [2.24, 2.45) is 0 Å². The van der Waals surface area contributed by atoms with Crippen LogP contribution in [0, 0.1) is 0 Å². The van der Waals surface area contributed by atoms with Crippen LogP contribution in [-0.2, 0) is 12.6 Å². The molecule has 1 aromatic carbocycles. The van der Waals surface area contributed by atoms with Gasteiger partial charge in [-0.05, 0) is 30.3 Å². The number of anilines is 3. The Balaban J connectivity index is 1.78. The van der Waals surface area contributed by atoms with E-state index in [0.717, 1.165) is 17.8 Å². The first-order chi connectivity index (χ1) is 15.1. The zero-order chi connectivity index (χ0) is 23.2. The van der Waals surface area contributed by atoms with Crippen LogP contribution in [0.1, 0.15) is 11.3 Å². The lowest BCUT2D eigenvalue weighted by Gasteiger charge is -2.13. The number of aromatic nitrogens is 4. The fourth-order valence-electron chi connectivity index (χ4n) is 2.45. The highest BCUT2D eigenvalue weighted by Crippen LogP contribution is 2.31. The van der Waals surface area contributed by atoms with Crippen LogP contribution in [0.15, 0.2) is 48.7 Å². The van der Waals surface area contributed by atoms with E-state index in [-0.39, 0.29) is 24.1 Å². The predicted molar refractivity (Wildman–Crippen MR) is 103 cm³/mol. The number of nitrogens with one attached hydrogen (secondary N) is 2. The van der Waals surface area contributed by atoms with Crippen molar-refractivity contribution in [2.75, 3.05) is 23.8 Å². The molecule has 7 nitrogen and oxygen atoms in total. The van der Waals surface area contributed by atoms with E-state index in [1.807, 2.05) is 0 Å². The molecular formula is C19H16F6N6O.